The van der Waals surface area contributed by atoms with Crippen LogP contribution in [0.3, 0.4) is 0 Å². The average Bonchev–Trinajstić information content (AvgIpc) is 2.80. The second-order valence-corrected chi connectivity index (χ2v) is 6.44. The summed E-state index contributed by atoms with van der Waals surface area (Å²) in [4.78, 5) is 6.63. The number of aryl methyl sites for hydroxylation is 2. The standard InChI is InChI=1S/C17H31N5O/c1-13-16(14(2)22(5)20-13)12-19-17(18-3)21(4)9-6-15-7-10-23-11-8-15/h15H,6-12H2,1-5H3,(H,18,19). The Hall–Kier alpha value is -1.56. The highest BCUT2D eigenvalue weighted by Gasteiger charge is 2.16. The number of nitrogens with one attached hydrogen (secondary N) is 1. The van der Waals surface area contributed by atoms with Crippen molar-refractivity contribution in [3.8, 4) is 0 Å². The highest BCUT2D eigenvalue weighted by molar-refractivity contribution is 5.79. The van der Waals surface area contributed by atoms with E-state index in [9.17, 15) is 0 Å². The van der Waals surface area contributed by atoms with Crippen LogP contribution in [0, 0.1) is 19.8 Å². The van der Waals surface area contributed by atoms with Crippen LogP contribution < -0.4 is 5.32 Å². The van der Waals surface area contributed by atoms with Crippen molar-refractivity contribution in [1.29, 1.82) is 0 Å². The summed E-state index contributed by atoms with van der Waals surface area (Å²) in [5.41, 5.74) is 3.54. The molecular weight excluding hydrogens is 290 g/mol. The molecule has 0 aliphatic carbocycles. The molecule has 6 nitrogen and oxygen atoms in total. The Morgan fingerprint density at radius 3 is 2.65 bits per heavy atom. The van der Waals surface area contributed by atoms with Crippen LogP contribution in [0.1, 0.15) is 36.2 Å². The van der Waals surface area contributed by atoms with Gasteiger partial charge >= 0.3 is 0 Å². The lowest BCUT2D eigenvalue weighted by Gasteiger charge is -2.26. The van der Waals surface area contributed by atoms with Gasteiger partial charge in [0.1, 0.15) is 0 Å². The number of hydrogen-bond acceptors (Lipinski definition) is 3. The Morgan fingerprint density at radius 1 is 1.39 bits per heavy atom. The van der Waals surface area contributed by atoms with Gasteiger partial charge in [0, 0.05) is 58.7 Å². The second-order valence-electron chi connectivity index (χ2n) is 6.44. The Morgan fingerprint density at radius 2 is 2.09 bits per heavy atom. The van der Waals surface area contributed by atoms with E-state index in [2.05, 4.69) is 41.2 Å². The van der Waals surface area contributed by atoms with Crippen LogP contribution in [-0.4, -0.2) is 54.5 Å². The van der Waals surface area contributed by atoms with Crippen LogP contribution in [-0.2, 0) is 18.3 Å². The molecule has 23 heavy (non-hydrogen) atoms. The lowest BCUT2D eigenvalue weighted by atomic mass is 9.96. The fraction of sp³-hybridized carbons (Fsp3) is 0.765. The van der Waals surface area contributed by atoms with E-state index in [0.717, 1.165) is 43.9 Å². The first-order chi connectivity index (χ1) is 11.0. The maximum atomic E-state index is 5.43. The molecule has 0 bridgehead atoms. The molecule has 1 saturated heterocycles. The van der Waals surface area contributed by atoms with Crippen LogP contribution in [0.5, 0.6) is 0 Å². The topological polar surface area (TPSA) is 54.7 Å². The average molecular weight is 321 g/mol. The van der Waals surface area contributed by atoms with Crippen molar-refractivity contribution in [3.63, 3.8) is 0 Å². The summed E-state index contributed by atoms with van der Waals surface area (Å²) in [5.74, 6) is 1.73. The van der Waals surface area contributed by atoms with E-state index in [4.69, 9.17) is 4.74 Å². The lowest BCUT2D eigenvalue weighted by Crippen LogP contribution is -2.39. The number of rotatable bonds is 5. The zero-order valence-corrected chi connectivity index (χ0v) is 15.2. The molecule has 1 fully saturated rings. The molecule has 1 N–H and O–H groups in total. The molecule has 2 rings (SSSR count). The quantitative estimate of drug-likeness (QED) is 0.664. The van der Waals surface area contributed by atoms with Crippen LogP contribution >= 0.6 is 0 Å². The van der Waals surface area contributed by atoms with Gasteiger partial charge in [-0.25, -0.2) is 0 Å². The minimum atomic E-state index is 0.764. The highest BCUT2D eigenvalue weighted by atomic mass is 16.5. The van der Waals surface area contributed by atoms with Gasteiger partial charge in [0.15, 0.2) is 5.96 Å². The molecule has 0 saturated carbocycles. The van der Waals surface area contributed by atoms with E-state index in [-0.39, 0.29) is 0 Å². The first kappa shape index (κ1) is 17.8. The van der Waals surface area contributed by atoms with Gasteiger partial charge in [-0.05, 0) is 39.0 Å². The maximum Gasteiger partial charge on any atom is 0.193 e. The number of hydrogen-bond donors (Lipinski definition) is 1. The first-order valence-electron chi connectivity index (χ1n) is 8.51. The molecule has 6 heteroatoms. The predicted octanol–water partition coefficient (Wildman–Crippen LogP) is 1.86. The molecular formula is C17H31N5O. The molecule has 1 aromatic rings. The predicted molar refractivity (Wildman–Crippen MR) is 93.7 cm³/mol. The van der Waals surface area contributed by atoms with Crippen LogP contribution in [0.4, 0.5) is 0 Å². The van der Waals surface area contributed by atoms with Gasteiger partial charge in [-0.15, -0.1) is 0 Å². The van der Waals surface area contributed by atoms with E-state index in [1.54, 1.807) is 0 Å². The minimum absolute atomic E-state index is 0.764. The van der Waals surface area contributed by atoms with Gasteiger partial charge in [-0.3, -0.25) is 9.67 Å². The molecule has 0 unspecified atom stereocenters. The van der Waals surface area contributed by atoms with Crippen LogP contribution in [0.2, 0.25) is 0 Å². The van der Waals surface area contributed by atoms with E-state index >= 15 is 0 Å². The highest BCUT2D eigenvalue weighted by Crippen LogP contribution is 2.18. The molecule has 0 amide bonds. The Labute approximate surface area is 139 Å². The fourth-order valence-electron chi connectivity index (χ4n) is 3.14. The van der Waals surface area contributed by atoms with Crippen LogP contribution in [0.15, 0.2) is 4.99 Å². The van der Waals surface area contributed by atoms with Crippen molar-refractivity contribution in [3.05, 3.63) is 17.0 Å². The monoisotopic (exact) mass is 321 g/mol. The number of nitrogens with zero attached hydrogens (tertiary/aromatic N) is 4. The number of aromatic nitrogens is 2. The van der Waals surface area contributed by atoms with Crippen molar-refractivity contribution < 1.29 is 4.74 Å². The summed E-state index contributed by atoms with van der Waals surface area (Å²) in [5, 5.41) is 7.93. The minimum Gasteiger partial charge on any atom is -0.381 e. The van der Waals surface area contributed by atoms with Crippen molar-refractivity contribution >= 4 is 5.96 Å². The molecule has 1 aliphatic rings. The molecule has 0 atom stereocenters. The normalized spacial score (nSPS) is 16.7. The largest absolute Gasteiger partial charge is 0.381 e. The van der Waals surface area contributed by atoms with Gasteiger partial charge in [0.05, 0.1) is 5.69 Å². The van der Waals surface area contributed by atoms with Crippen molar-refractivity contribution in [2.24, 2.45) is 18.0 Å². The van der Waals surface area contributed by atoms with E-state index in [1.807, 2.05) is 18.8 Å². The maximum absolute atomic E-state index is 5.43. The van der Waals surface area contributed by atoms with Gasteiger partial charge < -0.3 is 15.0 Å². The zero-order valence-electron chi connectivity index (χ0n) is 15.2. The van der Waals surface area contributed by atoms with Crippen molar-refractivity contribution in [2.75, 3.05) is 33.9 Å². The third-order valence-corrected chi connectivity index (χ3v) is 4.87. The smallest absolute Gasteiger partial charge is 0.193 e. The summed E-state index contributed by atoms with van der Waals surface area (Å²) < 4.78 is 7.36. The summed E-state index contributed by atoms with van der Waals surface area (Å²) >= 11 is 0. The molecule has 1 aromatic heterocycles. The third kappa shape index (κ3) is 4.70. The molecule has 1 aliphatic heterocycles. The summed E-state index contributed by atoms with van der Waals surface area (Å²) in [6.07, 6.45) is 3.58. The van der Waals surface area contributed by atoms with Gasteiger partial charge in [0.25, 0.3) is 0 Å². The fourth-order valence-corrected chi connectivity index (χ4v) is 3.14. The third-order valence-electron chi connectivity index (χ3n) is 4.87. The zero-order chi connectivity index (χ0) is 16.8. The number of guanidine groups is 1. The van der Waals surface area contributed by atoms with E-state index in [0.29, 0.717) is 0 Å². The Balaban J connectivity index is 1.84. The van der Waals surface area contributed by atoms with Crippen molar-refractivity contribution in [2.45, 2.75) is 39.7 Å². The SMILES string of the molecule is CN=C(NCc1c(C)nn(C)c1C)N(C)CCC1CCOCC1. The molecule has 0 radical (unpaired) electrons. The van der Waals surface area contributed by atoms with E-state index < -0.39 is 0 Å². The Kier molecular flexibility index (Phi) is 6.45. The lowest BCUT2D eigenvalue weighted by molar-refractivity contribution is 0.0625. The Bertz CT molecular complexity index is 531. The van der Waals surface area contributed by atoms with Crippen molar-refractivity contribution in [1.82, 2.24) is 20.0 Å². The number of ether oxygens (including phenoxy) is 1. The first-order valence-corrected chi connectivity index (χ1v) is 8.51. The molecule has 2 heterocycles. The molecule has 0 aromatic carbocycles. The molecule has 130 valence electrons. The van der Waals surface area contributed by atoms with Gasteiger partial charge in [-0.2, -0.15) is 5.10 Å². The van der Waals surface area contributed by atoms with Crippen LogP contribution in [0.25, 0.3) is 0 Å². The number of aliphatic imine (C=N–C) groups is 1. The van der Waals surface area contributed by atoms with E-state index in [1.165, 1.54) is 30.5 Å². The summed E-state index contributed by atoms with van der Waals surface area (Å²) in [6, 6.07) is 0. The summed E-state index contributed by atoms with van der Waals surface area (Å²) in [7, 11) is 5.94. The second kappa shape index (κ2) is 8.34. The summed E-state index contributed by atoms with van der Waals surface area (Å²) in [6.45, 7) is 7.78. The molecule has 0 spiro atoms. The van der Waals surface area contributed by atoms with Gasteiger partial charge in [-0.1, -0.05) is 0 Å². The van der Waals surface area contributed by atoms with Gasteiger partial charge in [0.2, 0.25) is 0 Å².